The summed E-state index contributed by atoms with van der Waals surface area (Å²) in [5, 5.41) is 0. The number of piperidine rings is 1. The zero-order valence-corrected chi connectivity index (χ0v) is 11.5. The van der Waals surface area contributed by atoms with E-state index in [1.54, 1.807) is 0 Å². The molecule has 1 fully saturated rings. The first kappa shape index (κ1) is 13.3. The van der Waals surface area contributed by atoms with E-state index in [9.17, 15) is 0 Å². The van der Waals surface area contributed by atoms with Gasteiger partial charge in [-0.15, -0.1) is 0 Å². The maximum absolute atomic E-state index is 5.59. The number of nitrogens with zero attached hydrogens (tertiary/aromatic N) is 3. The number of rotatable bonds is 4. The Morgan fingerprint density at radius 3 is 2.61 bits per heavy atom. The molecule has 1 saturated heterocycles. The molecule has 0 aromatic carbocycles. The van der Waals surface area contributed by atoms with Crippen molar-refractivity contribution in [2.24, 2.45) is 5.92 Å². The number of nitrogen functional groups attached to an aromatic ring is 1. The Hall–Kier alpha value is -1.13. The van der Waals surface area contributed by atoms with Gasteiger partial charge >= 0.3 is 0 Å². The number of hydrogen-bond acceptors (Lipinski definition) is 4. The van der Waals surface area contributed by atoms with Crippen LogP contribution in [-0.4, -0.2) is 48.5 Å². The van der Waals surface area contributed by atoms with E-state index >= 15 is 0 Å². The van der Waals surface area contributed by atoms with E-state index in [1.165, 1.54) is 38.0 Å². The normalized spacial score (nSPS) is 18.4. The topological polar surface area (TPSA) is 45.4 Å². The average Bonchev–Trinajstić information content (AvgIpc) is 2.34. The molecule has 2 N–H and O–H groups in total. The Morgan fingerprint density at radius 2 is 2.06 bits per heavy atom. The molecule has 4 nitrogen and oxygen atoms in total. The van der Waals surface area contributed by atoms with Crippen LogP contribution >= 0.6 is 0 Å². The first-order valence-corrected chi connectivity index (χ1v) is 6.71. The lowest BCUT2D eigenvalue weighted by molar-refractivity contribution is 0.157. The average molecular weight is 248 g/mol. The molecule has 0 amide bonds. The Morgan fingerprint density at radius 1 is 1.33 bits per heavy atom. The molecule has 0 unspecified atom stereocenters. The molecule has 4 heteroatoms. The molecule has 0 saturated carbocycles. The molecule has 0 radical (unpaired) electrons. The number of anilines is 1. The molecule has 0 spiro atoms. The SMILES string of the molecule is CN(C)CC1CCN(Cc2ccc(N)nc2)CC1. The van der Waals surface area contributed by atoms with Crippen LogP contribution in [0.5, 0.6) is 0 Å². The van der Waals surface area contributed by atoms with E-state index in [-0.39, 0.29) is 0 Å². The summed E-state index contributed by atoms with van der Waals surface area (Å²) in [6, 6.07) is 3.96. The van der Waals surface area contributed by atoms with Crippen molar-refractivity contribution in [2.75, 3.05) is 39.5 Å². The first-order valence-electron chi connectivity index (χ1n) is 6.71. The highest BCUT2D eigenvalue weighted by atomic mass is 15.1. The monoisotopic (exact) mass is 248 g/mol. The summed E-state index contributed by atoms with van der Waals surface area (Å²) >= 11 is 0. The van der Waals surface area contributed by atoms with Crippen LogP contribution in [0.25, 0.3) is 0 Å². The van der Waals surface area contributed by atoms with Crippen molar-refractivity contribution in [3.63, 3.8) is 0 Å². The van der Waals surface area contributed by atoms with Crippen molar-refractivity contribution in [1.82, 2.24) is 14.8 Å². The molecule has 2 rings (SSSR count). The second-order valence-electron chi connectivity index (χ2n) is 5.57. The third-order valence-corrected chi connectivity index (χ3v) is 3.58. The van der Waals surface area contributed by atoms with E-state index in [0.717, 1.165) is 12.5 Å². The van der Waals surface area contributed by atoms with Crippen LogP contribution in [0.3, 0.4) is 0 Å². The Bertz CT molecular complexity index is 353. The van der Waals surface area contributed by atoms with Crippen molar-refractivity contribution in [3.05, 3.63) is 23.9 Å². The van der Waals surface area contributed by atoms with Gasteiger partial charge in [0.1, 0.15) is 5.82 Å². The smallest absolute Gasteiger partial charge is 0.123 e. The van der Waals surface area contributed by atoms with Crippen LogP contribution < -0.4 is 5.73 Å². The molecule has 0 atom stereocenters. The summed E-state index contributed by atoms with van der Waals surface area (Å²) in [6.45, 7) is 4.62. The predicted octanol–water partition coefficient (Wildman–Crippen LogP) is 1.44. The van der Waals surface area contributed by atoms with E-state index in [0.29, 0.717) is 5.82 Å². The van der Waals surface area contributed by atoms with Crippen molar-refractivity contribution in [3.8, 4) is 0 Å². The molecule has 0 bridgehead atoms. The third kappa shape index (κ3) is 3.96. The number of hydrogen-bond donors (Lipinski definition) is 1. The van der Waals surface area contributed by atoms with Crippen molar-refractivity contribution < 1.29 is 0 Å². The fourth-order valence-electron chi connectivity index (χ4n) is 2.63. The minimum absolute atomic E-state index is 0.600. The van der Waals surface area contributed by atoms with Crippen molar-refractivity contribution in [2.45, 2.75) is 19.4 Å². The number of aromatic nitrogens is 1. The van der Waals surface area contributed by atoms with Gasteiger partial charge in [0.05, 0.1) is 0 Å². The molecular weight excluding hydrogens is 224 g/mol. The van der Waals surface area contributed by atoms with Gasteiger partial charge in [0.15, 0.2) is 0 Å². The van der Waals surface area contributed by atoms with Gasteiger partial charge in [0.25, 0.3) is 0 Å². The highest BCUT2D eigenvalue weighted by Gasteiger charge is 2.19. The predicted molar refractivity (Wildman–Crippen MR) is 75.2 cm³/mol. The lowest BCUT2D eigenvalue weighted by Gasteiger charge is -2.33. The maximum Gasteiger partial charge on any atom is 0.123 e. The molecule has 1 aliphatic heterocycles. The second kappa shape index (κ2) is 6.16. The Balaban J connectivity index is 1.78. The fraction of sp³-hybridized carbons (Fsp3) is 0.643. The molecule has 1 aromatic heterocycles. The maximum atomic E-state index is 5.59. The molecule has 1 aliphatic rings. The minimum Gasteiger partial charge on any atom is -0.384 e. The number of nitrogens with two attached hydrogens (primary N) is 1. The third-order valence-electron chi connectivity index (χ3n) is 3.58. The zero-order valence-electron chi connectivity index (χ0n) is 11.5. The molecule has 2 heterocycles. The van der Waals surface area contributed by atoms with Crippen LogP contribution in [0.1, 0.15) is 18.4 Å². The number of likely N-dealkylation sites (tertiary alicyclic amines) is 1. The van der Waals surface area contributed by atoms with Gasteiger partial charge in [-0.25, -0.2) is 4.98 Å². The van der Waals surface area contributed by atoms with E-state index < -0.39 is 0 Å². The van der Waals surface area contributed by atoms with E-state index in [4.69, 9.17) is 5.73 Å². The van der Waals surface area contributed by atoms with Gasteiger partial charge in [-0.3, -0.25) is 4.90 Å². The minimum atomic E-state index is 0.600. The molecule has 18 heavy (non-hydrogen) atoms. The van der Waals surface area contributed by atoms with Gasteiger partial charge in [-0.05, 0) is 57.6 Å². The molecule has 0 aliphatic carbocycles. The van der Waals surface area contributed by atoms with E-state index in [1.807, 2.05) is 12.3 Å². The lowest BCUT2D eigenvalue weighted by atomic mass is 9.96. The molecule has 100 valence electrons. The van der Waals surface area contributed by atoms with Crippen LogP contribution in [-0.2, 0) is 6.54 Å². The first-order chi connectivity index (χ1) is 8.63. The van der Waals surface area contributed by atoms with Gasteiger partial charge < -0.3 is 10.6 Å². The Kier molecular flexibility index (Phi) is 4.55. The summed E-state index contributed by atoms with van der Waals surface area (Å²) in [5.41, 5.74) is 6.85. The summed E-state index contributed by atoms with van der Waals surface area (Å²) in [7, 11) is 4.32. The lowest BCUT2D eigenvalue weighted by Crippen LogP contribution is -2.36. The second-order valence-corrected chi connectivity index (χ2v) is 5.57. The van der Waals surface area contributed by atoms with Gasteiger partial charge in [0.2, 0.25) is 0 Å². The van der Waals surface area contributed by atoms with Gasteiger partial charge in [-0.2, -0.15) is 0 Å². The van der Waals surface area contributed by atoms with Crippen LogP contribution in [0.15, 0.2) is 18.3 Å². The zero-order chi connectivity index (χ0) is 13.0. The molecular formula is C14H24N4. The Labute approximate surface area is 110 Å². The van der Waals surface area contributed by atoms with Crippen LogP contribution in [0.4, 0.5) is 5.82 Å². The van der Waals surface area contributed by atoms with Crippen LogP contribution in [0.2, 0.25) is 0 Å². The standard InChI is InChI=1S/C14H24N4/c1-17(2)10-12-5-7-18(8-6-12)11-13-3-4-14(15)16-9-13/h3-4,9,12H,5-8,10-11H2,1-2H3,(H2,15,16). The quantitative estimate of drug-likeness (QED) is 0.876. The highest BCUT2D eigenvalue weighted by Crippen LogP contribution is 2.19. The summed E-state index contributed by atoms with van der Waals surface area (Å²) < 4.78 is 0. The fourth-order valence-corrected chi connectivity index (χ4v) is 2.63. The summed E-state index contributed by atoms with van der Waals surface area (Å²) in [4.78, 5) is 8.95. The van der Waals surface area contributed by atoms with Gasteiger partial charge in [0, 0.05) is 19.3 Å². The summed E-state index contributed by atoms with van der Waals surface area (Å²) in [5.74, 6) is 1.46. The molecule has 1 aromatic rings. The largest absolute Gasteiger partial charge is 0.384 e. The highest BCUT2D eigenvalue weighted by molar-refractivity contribution is 5.29. The van der Waals surface area contributed by atoms with Crippen molar-refractivity contribution >= 4 is 5.82 Å². The summed E-state index contributed by atoms with van der Waals surface area (Å²) in [6.07, 6.45) is 4.50. The van der Waals surface area contributed by atoms with Crippen molar-refractivity contribution in [1.29, 1.82) is 0 Å². The number of pyridine rings is 1. The van der Waals surface area contributed by atoms with Gasteiger partial charge in [-0.1, -0.05) is 6.07 Å². The van der Waals surface area contributed by atoms with Crippen LogP contribution in [0, 0.1) is 5.92 Å². The van der Waals surface area contributed by atoms with E-state index in [2.05, 4.69) is 34.9 Å².